The van der Waals surface area contributed by atoms with Gasteiger partial charge in [-0.3, -0.25) is 9.69 Å². The van der Waals surface area contributed by atoms with Gasteiger partial charge in [0.15, 0.2) is 5.82 Å². The number of thiophene rings is 1. The van der Waals surface area contributed by atoms with Gasteiger partial charge in [-0.2, -0.15) is 0 Å². The van der Waals surface area contributed by atoms with E-state index in [1.807, 2.05) is 28.9 Å². The SMILES string of the molecule is CC[C@H](c1nnnn1C[C@H]1CCCO1)N(Cc1cccs1)Cc1cc2cc(OC)ccc2[nH]c1=O. The van der Waals surface area contributed by atoms with Crippen molar-refractivity contribution in [1.29, 1.82) is 0 Å². The maximum Gasteiger partial charge on any atom is 0.252 e. The van der Waals surface area contributed by atoms with Crippen LogP contribution in [0.5, 0.6) is 5.75 Å². The smallest absolute Gasteiger partial charge is 0.252 e. The van der Waals surface area contributed by atoms with E-state index in [1.54, 1.807) is 18.4 Å². The van der Waals surface area contributed by atoms with Gasteiger partial charge >= 0.3 is 0 Å². The van der Waals surface area contributed by atoms with Crippen molar-refractivity contribution in [3.63, 3.8) is 0 Å². The number of aromatic amines is 1. The highest BCUT2D eigenvalue weighted by Gasteiger charge is 2.28. The van der Waals surface area contributed by atoms with Crippen molar-refractivity contribution < 1.29 is 9.47 Å². The number of hydrogen-bond acceptors (Lipinski definition) is 8. The third-order valence-electron chi connectivity index (χ3n) is 6.53. The van der Waals surface area contributed by atoms with E-state index >= 15 is 0 Å². The molecule has 4 heterocycles. The van der Waals surface area contributed by atoms with Crippen LogP contribution in [-0.2, 0) is 24.4 Å². The second-order valence-electron chi connectivity index (χ2n) is 8.84. The Hall–Kier alpha value is -3.08. The van der Waals surface area contributed by atoms with Crippen molar-refractivity contribution in [1.82, 2.24) is 30.1 Å². The van der Waals surface area contributed by atoms with Gasteiger partial charge in [0.2, 0.25) is 0 Å². The number of methoxy groups -OCH3 is 1. The first-order valence-corrected chi connectivity index (χ1v) is 12.9. The molecular formula is C25H30N6O3S. The molecule has 1 aliphatic rings. The van der Waals surface area contributed by atoms with Crippen LogP contribution in [-0.4, -0.2) is 49.9 Å². The van der Waals surface area contributed by atoms with Crippen LogP contribution in [0.15, 0.2) is 46.6 Å². The summed E-state index contributed by atoms with van der Waals surface area (Å²) in [6.45, 7) is 4.72. The molecule has 1 saturated heterocycles. The number of ether oxygens (including phenoxy) is 2. The molecule has 1 aromatic carbocycles. The van der Waals surface area contributed by atoms with E-state index in [9.17, 15) is 4.79 Å². The summed E-state index contributed by atoms with van der Waals surface area (Å²) in [5.41, 5.74) is 1.39. The average molecular weight is 495 g/mol. The van der Waals surface area contributed by atoms with Crippen LogP contribution in [0.25, 0.3) is 10.9 Å². The molecule has 4 aromatic rings. The molecule has 0 spiro atoms. The Kier molecular flexibility index (Phi) is 7.21. The Morgan fingerprint density at radius 2 is 2.23 bits per heavy atom. The zero-order valence-electron chi connectivity index (χ0n) is 20.0. The third-order valence-corrected chi connectivity index (χ3v) is 7.39. The number of fused-ring (bicyclic) bond motifs is 1. The second kappa shape index (κ2) is 10.7. The van der Waals surface area contributed by atoms with Gasteiger partial charge in [-0.1, -0.05) is 13.0 Å². The van der Waals surface area contributed by atoms with Gasteiger partial charge in [-0.25, -0.2) is 4.68 Å². The quantitative estimate of drug-likeness (QED) is 0.357. The first kappa shape index (κ1) is 23.7. The molecule has 5 rings (SSSR count). The predicted octanol–water partition coefficient (Wildman–Crippen LogP) is 3.92. The summed E-state index contributed by atoms with van der Waals surface area (Å²) in [6, 6.07) is 11.7. The van der Waals surface area contributed by atoms with E-state index in [-0.39, 0.29) is 17.7 Å². The minimum atomic E-state index is -0.0901. The minimum absolute atomic E-state index is 0.0612. The predicted molar refractivity (Wildman–Crippen MR) is 135 cm³/mol. The largest absolute Gasteiger partial charge is 0.497 e. The lowest BCUT2D eigenvalue weighted by Gasteiger charge is -2.30. The average Bonchev–Trinajstić information content (AvgIpc) is 3.65. The number of hydrogen-bond donors (Lipinski definition) is 1. The van der Waals surface area contributed by atoms with Crippen molar-refractivity contribution in [2.45, 2.75) is 58.0 Å². The van der Waals surface area contributed by atoms with Gasteiger partial charge in [0.05, 0.1) is 25.8 Å². The summed E-state index contributed by atoms with van der Waals surface area (Å²) >= 11 is 1.71. The zero-order valence-corrected chi connectivity index (χ0v) is 20.8. The summed E-state index contributed by atoms with van der Waals surface area (Å²) in [4.78, 5) is 19.6. The Labute approximate surface area is 207 Å². The topological polar surface area (TPSA) is 98.2 Å². The summed E-state index contributed by atoms with van der Waals surface area (Å²) < 4.78 is 13.1. The summed E-state index contributed by atoms with van der Waals surface area (Å²) in [5, 5.41) is 15.7. The highest BCUT2D eigenvalue weighted by atomic mass is 32.1. The highest BCUT2D eigenvalue weighted by molar-refractivity contribution is 7.09. The number of pyridine rings is 1. The van der Waals surface area contributed by atoms with Crippen molar-refractivity contribution in [3.8, 4) is 5.75 Å². The van der Waals surface area contributed by atoms with E-state index in [1.165, 1.54) is 4.88 Å². The molecule has 184 valence electrons. The Morgan fingerprint density at radius 3 is 2.97 bits per heavy atom. The molecule has 35 heavy (non-hydrogen) atoms. The molecule has 1 N–H and O–H groups in total. The van der Waals surface area contributed by atoms with Gasteiger partial charge in [0.25, 0.3) is 5.56 Å². The van der Waals surface area contributed by atoms with Crippen LogP contribution >= 0.6 is 11.3 Å². The van der Waals surface area contributed by atoms with Crippen LogP contribution in [0.1, 0.15) is 48.5 Å². The Balaban J connectivity index is 1.48. The lowest BCUT2D eigenvalue weighted by Crippen LogP contribution is -2.33. The molecule has 0 radical (unpaired) electrons. The molecule has 9 nitrogen and oxygen atoms in total. The molecule has 0 amide bonds. The van der Waals surface area contributed by atoms with Crippen LogP contribution in [0.3, 0.4) is 0 Å². The lowest BCUT2D eigenvalue weighted by atomic mass is 10.1. The van der Waals surface area contributed by atoms with Gasteiger partial charge in [0, 0.05) is 41.0 Å². The first-order valence-electron chi connectivity index (χ1n) is 12.0. The van der Waals surface area contributed by atoms with Gasteiger partial charge < -0.3 is 14.5 Å². The van der Waals surface area contributed by atoms with Crippen molar-refractivity contribution in [2.24, 2.45) is 0 Å². The van der Waals surface area contributed by atoms with E-state index in [0.717, 1.165) is 48.3 Å². The van der Waals surface area contributed by atoms with Gasteiger partial charge in [-0.15, -0.1) is 16.4 Å². The summed E-state index contributed by atoms with van der Waals surface area (Å²) in [5.74, 6) is 1.56. The fraction of sp³-hybridized carbons (Fsp3) is 0.440. The fourth-order valence-corrected chi connectivity index (χ4v) is 5.47. The fourth-order valence-electron chi connectivity index (χ4n) is 4.74. The maximum absolute atomic E-state index is 13.0. The number of rotatable bonds is 10. The normalized spacial score (nSPS) is 16.8. The number of aromatic nitrogens is 5. The molecule has 0 saturated carbocycles. The minimum Gasteiger partial charge on any atom is -0.497 e. The molecule has 0 unspecified atom stereocenters. The van der Waals surface area contributed by atoms with Crippen molar-refractivity contribution >= 4 is 22.2 Å². The molecular weight excluding hydrogens is 464 g/mol. The van der Waals surface area contributed by atoms with Gasteiger partial charge in [0.1, 0.15) is 5.75 Å². The molecule has 0 aliphatic carbocycles. The van der Waals surface area contributed by atoms with Gasteiger partial charge in [-0.05, 0) is 65.4 Å². The molecule has 3 aromatic heterocycles. The monoisotopic (exact) mass is 494 g/mol. The number of tetrazole rings is 1. The Bertz CT molecular complexity index is 1310. The standard InChI is InChI=1S/C25H30N6O3S/c1-3-23(24-27-28-29-31(24)15-20-6-4-10-34-20)30(16-21-7-5-11-35-21)14-18-12-17-13-19(33-2)8-9-22(17)26-25(18)32/h5,7-9,11-13,20,23H,3-4,6,10,14-16H2,1-2H3,(H,26,32)/t20-,23-/m1/s1. The first-order chi connectivity index (χ1) is 17.1. The van der Waals surface area contributed by atoms with E-state index in [4.69, 9.17) is 9.47 Å². The molecule has 1 aliphatic heterocycles. The Morgan fingerprint density at radius 1 is 1.31 bits per heavy atom. The molecule has 0 bridgehead atoms. The van der Waals surface area contributed by atoms with Crippen molar-refractivity contribution in [2.75, 3.05) is 13.7 Å². The van der Waals surface area contributed by atoms with Crippen LogP contribution in [0, 0.1) is 0 Å². The third kappa shape index (κ3) is 5.29. The molecule has 1 fully saturated rings. The van der Waals surface area contributed by atoms with E-state index < -0.39 is 0 Å². The lowest BCUT2D eigenvalue weighted by molar-refractivity contribution is 0.0889. The number of nitrogens with zero attached hydrogens (tertiary/aromatic N) is 5. The number of benzene rings is 1. The van der Waals surface area contributed by atoms with Crippen LogP contribution < -0.4 is 10.3 Å². The highest BCUT2D eigenvalue weighted by Crippen LogP contribution is 2.28. The maximum atomic E-state index is 13.0. The van der Waals surface area contributed by atoms with E-state index in [0.29, 0.717) is 25.2 Å². The zero-order chi connectivity index (χ0) is 24.2. The van der Waals surface area contributed by atoms with E-state index in [2.05, 4.69) is 49.8 Å². The second-order valence-corrected chi connectivity index (χ2v) is 9.87. The number of nitrogens with one attached hydrogen (secondary N) is 1. The number of H-pyrrole nitrogens is 1. The van der Waals surface area contributed by atoms with Crippen LogP contribution in [0.2, 0.25) is 0 Å². The molecule has 2 atom stereocenters. The van der Waals surface area contributed by atoms with Crippen molar-refractivity contribution in [3.05, 3.63) is 68.4 Å². The molecule has 10 heteroatoms. The summed E-state index contributed by atoms with van der Waals surface area (Å²) in [7, 11) is 1.64. The van der Waals surface area contributed by atoms with Crippen LogP contribution in [0.4, 0.5) is 0 Å². The summed E-state index contributed by atoms with van der Waals surface area (Å²) in [6.07, 6.45) is 3.03.